The lowest BCUT2D eigenvalue weighted by atomic mass is 10.1. The molecule has 0 aromatic carbocycles. The first kappa shape index (κ1) is 11.5. The average molecular weight is 198 g/mol. The van der Waals surface area contributed by atoms with Gasteiger partial charge in [0.25, 0.3) is 0 Å². The van der Waals surface area contributed by atoms with Crippen molar-refractivity contribution in [3.05, 3.63) is 0 Å². The molecule has 1 amide bonds. The summed E-state index contributed by atoms with van der Waals surface area (Å²) in [5.74, 6) is 0.508. The molecule has 1 saturated carbocycles. The van der Waals surface area contributed by atoms with Crippen molar-refractivity contribution < 1.29 is 4.79 Å². The van der Waals surface area contributed by atoms with Crippen LogP contribution in [0.2, 0.25) is 0 Å². The molecule has 82 valence electrons. The highest BCUT2D eigenvalue weighted by atomic mass is 16.2. The third-order valence-electron chi connectivity index (χ3n) is 2.91. The molecule has 0 aliphatic heterocycles. The Labute approximate surface area is 86.6 Å². The van der Waals surface area contributed by atoms with E-state index in [2.05, 4.69) is 31.4 Å². The van der Waals surface area contributed by atoms with E-state index < -0.39 is 0 Å². The second kappa shape index (κ2) is 4.78. The molecule has 1 aliphatic carbocycles. The molecule has 3 heteroatoms. The third-order valence-corrected chi connectivity index (χ3v) is 2.91. The first-order chi connectivity index (χ1) is 6.58. The number of hydrogen-bond acceptors (Lipinski definition) is 2. The van der Waals surface area contributed by atoms with Crippen LogP contribution < -0.4 is 10.6 Å². The van der Waals surface area contributed by atoms with Crippen LogP contribution in [0.1, 0.15) is 33.6 Å². The van der Waals surface area contributed by atoms with Gasteiger partial charge in [0, 0.05) is 12.5 Å². The van der Waals surface area contributed by atoms with Gasteiger partial charge < -0.3 is 10.6 Å². The van der Waals surface area contributed by atoms with Crippen LogP contribution in [0.25, 0.3) is 0 Å². The van der Waals surface area contributed by atoms with E-state index in [1.807, 2.05) is 0 Å². The minimum atomic E-state index is 0.242. The van der Waals surface area contributed by atoms with Gasteiger partial charge in [-0.15, -0.1) is 0 Å². The zero-order chi connectivity index (χ0) is 10.6. The Balaban J connectivity index is 2.00. The normalized spacial score (nSPS) is 23.2. The lowest BCUT2D eigenvalue weighted by molar-refractivity contribution is -0.122. The molecule has 0 bridgehead atoms. The molecule has 1 atom stereocenters. The van der Waals surface area contributed by atoms with Gasteiger partial charge in [-0.1, -0.05) is 20.8 Å². The number of amides is 1. The summed E-state index contributed by atoms with van der Waals surface area (Å²) in [6, 6.07) is 0. The minimum absolute atomic E-state index is 0.242. The predicted octanol–water partition coefficient (Wildman–Crippen LogP) is 1.15. The maximum absolute atomic E-state index is 11.5. The van der Waals surface area contributed by atoms with E-state index in [1.165, 1.54) is 0 Å². The van der Waals surface area contributed by atoms with Gasteiger partial charge in [-0.05, 0) is 31.3 Å². The molecule has 0 spiro atoms. The first-order valence-electron chi connectivity index (χ1n) is 5.56. The van der Waals surface area contributed by atoms with Gasteiger partial charge in [0.05, 0.1) is 0 Å². The van der Waals surface area contributed by atoms with Gasteiger partial charge in [-0.3, -0.25) is 4.79 Å². The standard InChI is InChI=1S/C11H22N2O/c1-4-12-6-5-7-13-10(14)9-8-11(9,2)3/h9,12H,4-8H2,1-3H3,(H,13,14). The Morgan fingerprint density at radius 3 is 2.57 bits per heavy atom. The van der Waals surface area contributed by atoms with Crippen molar-refractivity contribution >= 4 is 5.91 Å². The highest BCUT2D eigenvalue weighted by Crippen LogP contribution is 2.51. The molecule has 0 aromatic rings. The average Bonchev–Trinajstić information content (AvgIpc) is 2.75. The quantitative estimate of drug-likeness (QED) is 0.629. The molecular formula is C11H22N2O. The molecule has 1 fully saturated rings. The van der Waals surface area contributed by atoms with Crippen molar-refractivity contribution in [1.82, 2.24) is 10.6 Å². The largest absolute Gasteiger partial charge is 0.356 e. The van der Waals surface area contributed by atoms with Crippen LogP contribution in [0.4, 0.5) is 0 Å². The topological polar surface area (TPSA) is 41.1 Å². The van der Waals surface area contributed by atoms with Crippen LogP contribution in [-0.2, 0) is 4.79 Å². The van der Waals surface area contributed by atoms with Crippen molar-refractivity contribution in [2.45, 2.75) is 33.6 Å². The smallest absolute Gasteiger partial charge is 0.223 e. The fourth-order valence-electron chi connectivity index (χ4n) is 1.64. The molecule has 0 aromatic heterocycles. The highest BCUT2D eigenvalue weighted by molar-refractivity contribution is 5.82. The number of hydrogen-bond donors (Lipinski definition) is 2. The molecule has 2 N–H and O–H groups in total. The lowest BCUT2D eigenvalue weighted by Gasteiger charge is -2.06. The fourth-order valence-corrected chi connectivity index (χ4v) is 1.64. The minimum Gasteiger partial charge on any atom is -0.356 e. The van der Waals surface area contributed by atoms with Crippen LogP contribution in [0.15, 0.2) is 0 Å². The molecule has 1 rings (SSSR count). The van der Waals surface area contributed by atoms with E-state index in [0.29, 0.717) is 0 Å². The van der Waals surface area contributed by atoms with Crippen LogP contribution in [0.3, 0.4) is 0 Å². The zero-order valence-corrected chi connectivity index (χ0v) is 9.52. The first-order valence-corrected chi connectivity index (χ1v) is 5.56. The second-order valence-corrected chi connectivity index (χ2v) is 4.74. The van der Waals surface area contributed by atoms with Crippen molar-refractivity contribution in [2.24, 2.45) is 11.3 Å². The summed E-state index contributed by atoms with van der Waals surface area (Å²) in [5, 5.41) is 6.21. The van der Waals surface area contributed by atoms with Crippen molar-refractivity contribution in [1.29, 1.82) is 0 Å². The SMILES string of the molecule is CCNCCCNC(=O)C1CC1(C)C. The van der Waals surface area contributed by atoms with E-state index in [0.717, 1.165) is 32.5 Å². The van der Waals surface area contributed by atoms with Gasteiger partial charge in [0.1, 0.15) is 0 Å². The number of nitrogens with one attached hydrogen (secondary N) is 2. The van der Waals surface area contributed by atoms with Gasteiger partial charge in [0.2, 0.25) is 5.91 Å². The molecule has 14 heavy (non-hydrogen) atoms. The highest BCUT2D eigenvalue weighted by Gasteiger charge is 2.50. The monoisotopic (exact) mass is 198 g/mol. The predicted molar refractivity (Wildman–Crippen MR) is 58.1 cm³/mol. The second-order valence-electron chi connectivity index (χ2n) is 4.74. The van der Waals surface area contributed by atoms with Crippen LogP contribution in [-0.4, -0.2) is 25.5 Å². The Bertz CT molecular complexity index is 201. The molecule has 0 saturated heterocycles. The number of carbonyl (C=O) groups excluding carboxylic acids is 1. The number of carbonyl (C=O) groups is 1. The van der Waals surface area contributed by atoms with E-state index in [4.69, 9.17) is 0 Å². The molecular weight excluding hydrogens is 176 g/mol. The fraction of sp³-hybridized carbons (Fsp3) is 0.909. The molecule has 0 heterocycles. The van der Waals surface area contributed by atoms with E-state index in [9.17, 15) is 4.79 Å². The lowest BCUT2D eigenvalue weighted by Crippen LogP contribution is -2.29. The van der Waals surface area contributed by atoms with E-state index in [-0.39, 0.29) is 17.2 Å². The summed E-state index contributed by atoms with van der Waals surface area (Å²) >= 11 is 0. The zero-order valence-electron chi connectivity index (χ0n) is 9.52. The molecule has 0 radical (unpaired) electrons. The van der Waals surface area contributed by atoms with Crippen molar-refractivity contribution in [2.75, 3.05) is 19.6 Å². The van der Waals surface area contributed by atoms with Gasteiger partial charge in [-0.25, -0.2) is 0 Å². The van der Waals surface area contributed by atoms with Gasteiger partial charge in [-0.2, -0.15) is 0 Å². The third kappa shape index (κ3) is 3.29. The summed E-state index contributed by atoms with van der Waals surface area (Å²) in [6.45, 7) is 9.18. The maximum Gasteiger partial charge on any atom is 0.223 e. The molecule has 1 aliphatic rings. The number of rotatable bonds is 6. The van der Waals surface area contributed by atoms with Crippen LogP contribution in [0, 0.1) is 11.3 Å². The van der Waals surface area contributed by atoms with Crippen molar-refractivity contribution in [3.63, 3.8) is 0 Å². The van der Waals surface area contributed by atoms with Crippen molar-refractivity contribution in [3.8, 4) is 0 Å². The summed E-state index contributed by atoms with van der Waals surface area (Å²) in [4.78, 5) is 11.5. The Morgan fingerprint density at radius 2 is 2.07 bits per heavy atom. The Kier molecular flexibility index (Phi) is 3.93. The maximum atomic E-state index is 11.5. The van der Waals surface area contributed by atoms with E-state index >= 15 is 0 Å². The summed E-state index contributed by atoms with van der Waals surface area (Å²) in [7, 11) is 0. The van der Waals surface area contributed by atoms with E-state index in [1.54, 1.807) is 0 Å². The Hall–Kier alpha value is -0.570. The van der Waals surface area contributed by atoms with Gasteiger partial charge in [0.15, 0.2) is 0 Å². The summed E-state index contributed by atoms with van der Waals surface area (Å²) in [5.41, 5.74) is 0.256. The molecule has 1 unspecified atom stereocenters. The van der Waals surface area contributed by atoms with Crippen LogP contribution >= 0.6 is 0 Å². The molecule has 3 nitrogen and oxygen atoms in total. The summed E-state index contributed by atoms with van der Waals surface area (Å²) in [6.07, 6.45) is 2.07. The Morgan fingerprint density at radius 1 is 1.43 bits per heavy atom. The van der Waals surface area contributed by atoms with Gasteiger partial charge >= 0.3 is 0 Å². The van der Waals surface area contributed by atoms with Crippen LogP contribution in [0.5, 0.6) is 0 Å². The summed E-state index contributed by atoms with van der Waals surface area (Å²) < 4.78 is 0.